The van der Waals surface area contributed by atoms with Gasteiger partial charge in [0.25, 0.3) is 0 Å². The summed E-state index contributed by atoms with van der Waals surface area (Å²) < 4.78 is 5.52. The van der Waals surface area contributed by atoms with Crippen LogP contribution in [0.25, 0.3) is 0 Å². The Morgan fingerprint density at radius 1 is 1.32 bits per heavy atom. The summed E-state index contributed by atoms with van der Waals surface area (Å²) in [6, 6.07) is 8.89. The molecule has 0 aliphatic carbocycles. The van der Waals surface area contributed by atoms with Crippen molar-refractivity contribution >= 4 is 0 Å². The highest BCUT2D eigenvalue weighted by molar-refractivity contribution is 5.28. The molecule has 0 saturated carbocycles. The summed E-state index contributed by atoms with van der Waals surface area (Å²) in [6.07, 6.45) is 2.73. The standard InChI is InChI=1S/C16H26N2O/c1-3-19-16-8-6-7-15(11-16)12-17-14(2)13-18-9-4-5-10-18/h6-8,11,14,17H,3-5,9-10,12-13H2,1-2H3. The molecule has 1 aromatic rings. The van der Waals surface area contributed by atoms with Crippen LogP contribution in [0.5, 0.6) is 5.75 Å². The summed E-state index contributed by atoms with van der Waals surface area (Å²) >= 11 is 0. The van der Waals surface area contributed by atoms with Crippen LogP contribution in [-0.2, 0) is 6.54 Å². The number of ether oxygens (including phenoxy) is 1. The lowest BCUT2D eigenvalue weighted by Crippen LogP contribution is -2.37. The van der Waals surface area contributed by atoms with Crippen molar-refractivity contribution in [2.75, 3.05) is 26.2 Å². The molecule has 0 radical (unpaired) electrons. The van der Waals surface area contributed by atoms with E-state index in [1.807, 2.05) is 13.0 Å². The smallest absolute Gasteiger partial charge is 0.119 e. The fourth-order valence-electron chi connectivity index (χ4n) is 2.62. The van der Waals surface area contributed by atoms with Gasteiger partial charge in [-0.2, -0.15) is 0 Å². The van der Waals surface area contributed by atoms with E-state index in [0.29, 0.717) is 6.04 Å². The van der Waals surface area contributed by atoms with E-state index in [4.69, 9.17) is 4.74 Å². The van der Waals surface area contributed by atoms with Crippen molar-refractivity contribution in [3.05, 3.63) is 29.8 Å². The number of benzene rings is 1. The van der Waals surface area contributed by atoms with Crippen LogP contribution in [0.3, 0.4) is 0 Å². The Hall–Kier alpha value is -1.06. The number of rotatable bonds is 7. The zero-order valence-corrected chi connectivity index (χ0v) is 12.2. The zero-order chi connectivity index (χ0) is 13.5. The van der Waals surface area contributed by atoms with Crippen molar-refractivity contribution < 1.29 is 4.74 Å². The van der Waals surface area contributed by atoms with Gasteiger partial charge in [-0.25, -0.2) is 0 Å². The second-order valence-electron chi connectivity index (χ2n) is 5.37. The molecule has 0 amide bonds. The molecular formula is C16H26N2O. The molecular weight excluding hydrogens is 236 g/mol. The Balaban J connectivity index is 1.75. The number of nitrogens with one attached hydrogen (secondary N) is 1. The van der Waals surface area contributed by atoms with Crippen LogP contribution in [0.4, 0.5) is 0 Å². The molecule has 0 bridgehead atoms. The van der Waals surface area contributed by atoms with Gasteiger partial charge >= 0.3 is 0 Å². The lowest BCUT2D eigenvalue weighted by Gasteiger charge is -2.21. The molecule has 1 unspecified atom stereocenters. The van der Waals surface area contributed by atoms with Gasteiger partial charge in [-0.05, 0) is 57.5 Å². The van der Waals surface area contributed by atoms with Gasteiger partial charge in [-0.15, -0.1) is 0 Å². The minimum absolute atomic E-state index is 0.536. The first-order valence-electron chi connectivity index (χ1n) is 7.45. The van der Waals surface area contributed by atoms with E-state index < -0.39 is 0 Å². The first-order valence-corrected chi connectivity index (χ1v) is 7.45. The largest absolute Gasteiger partial charge is 0.494 e. The summed E-state index contributed by atoms with van der Waals surface area (Å²) in [5.41, 5.74) is 1.29. The van der Waals surface area contributed by atoms with Crippen LogP contribution < -0.4 is 10.1 Å². The fourth-order valence-corrected chi connectivity index (χ4v) is 2.62. The van der Waals surface area contributed by atoms with E-state index in [9.17, 15) is 0 Å². The predicted molar refractivity (Wildman–Crippen MR) is 79.6 cm³/mol. The van der Waals surface area contributed by atoms with E-state index >= 15 is 0 Å². The van der Waals surface area contributed by atoms with Gasteiger partial charge in [-0.1, -0.05) is 12.1 Å². The van der Waals surface area contributed by atoms with Gasteiger partial charge in [0.05, 0.1) is 6.61 Å². The maximum atomic E-state index is 5.52. The molecule has 19 heavy (non-hydrogen) atoms. The normalized spacial score (nSPS) is 17.6. The molecule has 2 rings (SSSR count). The molecule has 106 valence electrons. The van der Waals surface area contributed by atoms with Crippen molar-refractivity contribution in [3.8, 4) is 5.75 Å². The van der Waals surface area contributed by atoms with Crippen molar-refractivity contribution in [3.63, 3.8) is 0 Å². The highest BCUT2D eigenvalue weighted by Crippen LogP contribution is 2.13. The topological polar surface area (TPSA) is 24.5 Å². The Labute approximate surface area is 116 Å². The zero-order valence-electron chi connectivity index (χ0n) is 12.2. The van der Waals surface area contributed by atoms with Crippen LogP contribution in [0.15, 0.2) is 24.3 Å². The van der Waals surface area contributed by atoms with Crippen molar-refractivity contribution in [1.82, 2.24) is 10.2 Å². The third-order valence-corrected chi connectivity index (χ3v) is 3.59. The summed E-state index contributed by atoms with van der Waals surface area (Å²) in [4.78, 5) is 2.55. The molecule has 1 heterocycles. The number of likely N-dealkylation sites (tertiary alicyclic amines) is 1. The molecule has 1 aliphatic rings. The Morgan fingerprint density at radius 3 is 2.84 bits per heavy atom. The Kier molecular flexibility index (Phi) is 5.67. The predicted octanol–water partition coefficient (Wildman–Crippen LogP) is 2.66. The molecule has 1 saturated heterocycles. The average molecular weight is 262 g/mol. The number of nitrogens with zero attached hydrogens (tertiary/aromatic N) is 1. The highest BCUT2D eigenvalue weighted by Gasteiger charge is 2.14. The second kappa shape index (κ2) is 7.51. The summed E-state index contributed by atoms with van der Waals surface area (Å²) in [6.45, 7) is 9.62. The first kappa shape index (κ1) is 14.4. The fraction of sp³-hybridized carbons (Fsp3) is 0.625. The van der Waals surface area contributed by atoms with Crippen molar-refractivity contribution in [1.29, 1.82) is 0 Å². The van der Waals surface area contributed by atoms with E-state index in [-0.39, 0.29) is 0 Å². The third kappa shape index (κ3) is 4.84. The van der Waals surface area contributed by atoms with Crippen molar-refractivity contribution in [2.45, 2.75) is 39.3 Å². The van der Waals surface area contributed by atoms with Crippen LogP contribution in [0.1, 0.15) is 32.3 Å². The van der Waals surface area contributed by atoms with Crippen LogP contribution in [-0.4, -0.2) is 37.2 Å². The SMILES string of the molecule is CCOc1cccc(CNC(C)CN2CCCC2)c1. The first-order chi connectivity index (χ1) is 9.28. The number of hydrogen-bond donors (Lipinski definition) is 1. The maximum Gasteiger partial charge on any atom is 0.119 e. The van der Waals surface area contributed by atoms with E-state index in [2.05, 4.69) is 35.3 Å². The third-order valence-electron chi connectivity index (χ3n) is 3.59. The summed E-state index contributed by atoms with van der Waals surface area (Å²) in [7, 11) is 0. The van der Waals surface area contributed by atoms with E-state index in [0.717, 1.165) is 25.4 Å². The molecule has 1 N–H and O–H groups in total. The van der Waals surface area contributed by atoms with Gasteiger partial charge in [0.1, 0.15) is 5.75 Å². The quantitative estimate of drug-likeness (QED) is 0.817. The van der Waals surface area contributed by atoms with Gasteiger partial charge < -0.3 is 15.0 Å². The number of hydrogen-bond acceptors (Lipinski definition) is 3. The second-order valence-corrected chi connectivity index (χ2v) is 5.37. The molecule has 3 heteroatoms. The van der Waals surface area contributed by atoms with Gasteiger partial charge in [0.2, 0.25) is 0 Å². The Morgan fingerprint density at radius 2 is 2.11 bits per heavy atom. The van der Waals surface area contributed by atoms with E-state index in [1.165, 1.54) is 31.5 Å². The minimum atomic E-state index is 0.536. The average Bonchev–Trinajstić information content (AvgIpc) is 2.90. The minimum Gasteiger partial charge on any atom is -0.494 e. The van der Waals surface area contributed by atoms with Crippen molar-refractivity contribution in [2.24, 2.45) is 0 Å². The monoisotopic (exact) mass is 262 g/mol. The van der Waals surface area contributed by atoms with E-state index in [1.54, 1.807) is 0 Å². The lowest BCUT2D eigenvalue weighted by atomic mass is 10.2. The van der Waals surface area contributed by atoms with Crippen LogP contribution >= 0.6 is 0 Å². The molecule has 3 nitrogen and oxygen atoms in total. The maximum absolute atomic E-state index is 5.52. The summed E-state index contributed by atoms with van der Waals surface area (Å²) in [5, 5.41) is 3.60. The van der Waals surface area contributed by atoms with Gasteiger partial charge in [0, 0.05) is 19.1 Å². The molecule has 0 aromatic heterocycles. The van der Waals surface area contributed by atoms with Gasteiger partial charge in [0.15, 0.2) is 0 Å². The van der Waals surface area contributed by atoms with Gasteiger partial charge in [-0.3, -0.25) is 0 Å². The molecule has 1 atom stereocenters. The Bertz CT molecular complexity index is 375. The molecule has 0 spiro atoms. The molecule has 1 aliphatic heterocycles. The molecule has 1 aromatic carbocycles. The lowest BCUT2D eigenvalue weighted by molar-refractivity contribution is 0.298. The summed E-state index contributed by atoms with van der Waals surface area (Å²) in [5.74, 6) is 0.967. The van der Waals surface area contributed by atoms with Crippen LogP contribution in [0.2, 0.25) is 0 Å². The molecule has 1 fully saturated rings. The highest BCUT2D eigenvalue weighted by atomic mass is 16.5. The van der Waals surface area contributed by atoms with Crippen LogP contribution in [0, 0.1) is 0 Å².